The van der Waals surface area contributed by atoms with Crippen LogP contribution in [0.2, 0.25) is 5.02 Å². The molecule has 3 aromatic rings. The van der Waals surface area contributed by atoms with Crippen LogP contribution in [0.5, 0.6) is 0 Å². The maximum Gasteiger partial charge on any atom is 0.264 e. The SMILES string of the molecule is Fc1ccc(-n2cnc(-c3cc(C(F)F)cc(N4CCN(C5COC5)CC4)n3)n2)cc1Cl. The summed E-state index contributed by atoms with van der Waals surface area (Å²) in [5.41, 5.74) is 0.608. The molecule has 0 saturated carbocycles. The second-order valence-electron chi connectivity index (χ2n) is 7.77. The zero-order valence-corrected chi connectivity index (χ0v) is 17.7. The van der Waals surface area contributed by atoms with Gasteiger partial charge in [-0.05, 0) is 30.3 Å². The van der Waals surface area contributed by atoms with Crippen molar-refractivity contribution in [3.05, 3.63) is 53.1 Å². The van der Waals surface area contributed by atoms with Crippen molar-refractivity contribution >= 4 is 17.4 Å². The number of piperazine rings is 1. The summed E-state index contributed by atoms with van der Waals surface area (Å²) in [4.78, 5) is 13.2. The fourth-order valence-electron chi connectivity index (χ4n) is 3.82. The van der Waals surface area contributed by atoms with Gasteiger partial charge < -0.3 is 9.64 Å². The van der Waals surface area contributed by atoms with Crippen molar-refractivity contribution in [1.29, 1.82) is 0 Å². The third kappa shape index (κ3) is 4.17. The number of rotatable bonds is 5. The van der Waals surface area contributed by atoms with Crippen LogP contribution in [0.3, 0.4) is 0 Å². The molecule has 0 radical (unpaired) electrons. The van der Waals surface area contributed by atoms with Crippen molar-refractivity contribution in [2.75, 3.05) is 44.3 Å². The van der Waals surface area contributed by atoms with Gasteiger partial charge in [0.25, 0.3) is 6.43 Å². The number of nitrogens with zero attached hydrogens (tertiary/aromatic N) is 6. The molecule has 0 unspecified atom stereocenters. The van der Waals surface area contributed by atoms with Crippen LogP contribution in [-0.2, 0) is 4.74 Å². The van der Waals surface area contributed by atoms with Crippen LogP contribution in [0.25, 0.3) is 17.2 Å². The monoisotopic (exact) mass is 464 g/mol. The maximum absolute atomic E-state index is 13.6. The van der Waals surface area contributed by atoms with Gasteiger partial charge in [-0.25, -0.2) is 27.8 Å². The minimum atomic E-state index is -2.65. The Morgan fingerprint density at radius 2 is 1.84 bits per heavy atom. The van der Waals surface area contributed by atoms with E-state index < -0.39 is 12.2 Å². The van der Waals surface area contributed by atoms with Crippen molar-refractivity contribution in [2.24, 2.45) is 0 Å². The highest BCUT2D eigenvalue weighted by Gasteiger charge is 2.29. The van der Waals surface area contributed by atoms with Crippen LogP contribution >= 0.6 is 11.6 Å². The summed E-state index contributed by atoms with van der Waals surface area (Å²) < 4.78 is 47.3. The van der Waals surface area contributed by atoms with Crippen molar-refractivity contribution in [2.45, 2.75) is 12.5 Å². The number of halogens is 4. The molecule has 32 heavy (non-hydrogen) atoms. The molecule has 1 aromatic carbocycles. The average Bonchev–Trinajstić information content (AvgIpc) is 3.25. The van der Waals surface area contributed by atoms with E-state index >= 15 is 0 Å². The average molecular weight is 465 g/mol. The van der Waals surface area contributed by atoms with Crippen LogP contribution in [0, 0.1) is 5.82 Å². The molecule has 11 heteroatoms. The second-order valence-corrected chi connectivity index (χ2v) is 8.18. The molecule has 0 atom stereocenters. The topological polar surface area (TPSA) is 59.3 Å². The van der Waals surface area contributed by atoms with E-state index in [9.17, 15) is 13.2 Å². The quantitative estimate of drug-likeness (QED) is 0.575. The molecule has 2 aromatic heterocycles. The van der Waals surface area contributed by atoms with Crippen molar-refractivity contribution in [3.8, 4) is 17.2 Å². The minimum Gasteiger partial charge on any atom is -0.378 e. The third-order valence-electron chi connectivity index (χ3n) is 5.75. The first-order valence-corrected chi connectivity index (χ1v) is 10.6. The summed E-state index contributed by atoms with van der Waals surface area (Å²) in [5.74, 6) is 0.125. The molecule has 0 amide bonds. The number of hydrogen-bond donors (Lipinski definition) is 0. The largest absolute Gasteiger partial charge is 0.378 e. The molecule has 168 valence electrons. The van der Waals surface area contributed by atoms with Crippen LogP contribution in [0.1, 0.15) is 12.0 Å². The number of anilines is 1. The zero-order chi connectivity index (χ0) is 22.2. The fraction of sp³-hybridized carbons (Fsp3) is 0.381. The van der Waals surface area contributed by atoms with Gasteiger partial charge in [0.1, 0.15) is 23.7 Å². The number of ether oxygens (including phenoxy) is 1. The first-order chi connectivity index (χ1) is 15.5. The maximum atomic E-state index is 13.6. The first-order valence-electron chi connectivity index (χ1n) is 10.2. The Morgan fingerprint density at radius 3 is 2.50 bits per heavy atom. The Labute approximate surface area is 187 Å². The van der Waals surface area contributed by atoms with E-state index in [0.717, 1.165) is 26.3 Å². The van der Waals surface area contributed by atoms with Gasteiger partial charge in [0.05, 0.1) is 30.0 Å². The zero-order valence-electron chi connectivity index (χ0n) is 17.0. The van der Waals surface area contributed by atoms with E-state index in [1.54, 1.807) is 0 Å². The molecular weight excluding hydrogens is 445 g/mol. The van der Waals surface area contributed by atoms with E-state index in [-0.39, 0.29) is 22.1 Å². The predicted octanol–water partition coefficient (Wildman–Crippen LogP) is 3.58. The summed E-state index contributed by atoms with van der Waals surface area (Å²) in [5, 5.41) is 4.29. The molecule has 5 rings (SSSR count). The van der Waals surface area contributed by atoms with Crippen LogP contribution < -0.4 is 4.90 Å². The molecular formula is C21H20ClF3N6O. The van der Waals surface area contributed by atoms with Gasteiger partial charge in [-0.2, -0.15) is 0 Å². The highest BCUT2D eigenvalue weighted by atomic mass is 35.5. The number of pyridine rings is 1. The molecule has 7 nitrogen and oxygen atoms in total. The number of benzene rings is 1. The smallest absolute Gasteiger partial charge is 0.264 e. The Balaban J connectivity index is 1.41. The van der Waals surface area contributed by atoms with Crippen molar-refractivity contribution in [1.82, 2.24) is 24.6 Å². The Morgan fingerprint density at radius 1 is 1.06 bits per heavy atom. The molecule has 0 N–H and O–H groups in total. The first kappa shape index (κ1) is 21.2. The molecule has 0 spiro atoms. The molecule has 4 heterocycles. The third-order valence-corrected chi connectivity index (χ3v) is 6.04. The summed E-state index contributed by atoms with van der Waals surface area (Å²) in [7, 11) is 0. The van der Waals surface area contributed by atoms with E-state index in [2.05, 4.69) is 20.0 Å². The Kier molecular flexibility index (Phi) is 5.75. The van der Waals surface area contributed by atoms with Gasteiger partial charge in [0.15, 0.2) is 5.82 Å². The van der Waals surface area contributed by atoms with E-state index in [4.69, 9.17) is 16.3 Å². The summed E-state index contributed by atoms with van der Waals surface area (Å²) >= 11 is 5.84. The molecule has 0 bridgehead atoms. The Hall–Kier alpha value is -2.69. The van der Waals surface area contributed by atoms with Gasteiger partial charge in [-0.3, -0.25) is 4.90 Å². The predicted molar refractivity (Wildman–Crippen MR) is 113 cm³/mol. The molecule has 2 aliphatic rings. The summed E-state index contributed by atoms with van der Waals surface area (Å²) in [6.07, 6.45) is -1.24. The van der Waals surface area contributed by atoms with Gasteiger partial charge in [0.2, 0.25) is 0 Å². The van der Waals surface area contributed by atoms with Crippen LogP contribution in [-0.4, -0.2) is 70.1 Å². The summed E-state index contributed by atoms with van der Waals surface area (Å²) in [6.45, 7) is 4.51. The van der Waals surface area contributed by atoms with Gasteiger partial charge in [-0.15, -0.1) is 5.10 Å². The lowest BCUT2D eigenvalue weighted by Crippen LogP contribution is -2.56. The number of aromatic nitrogens is 4. The number of alkyl halides is 2. The molecule has 2 saturated heterocycles. The van der Waals surface area contributed by atoms with Gasteiger partial charge >= 0.3 is 0 Å². The lowest BCUT2D eigenvalue weighted by atomic mass is 10.1. The van der Waals surface area contributed by atoms with E-state index in [1.807, 2.05) is 4.90 Å². The fourth-order valence-corrected chi connectivity index (χ4v) is 4.00. The minimum absolute atomic E-state index is 0.0488. The summed E-state index contributed by atoms with van der Waals surface area (Å²) in [6, 6.07) is 7.31. The molecule has 2 aliphatic heterocycles. The number of hydrogen-bond acceptors (Lipinski definition) is 6. The lowest BCUT2D eigenvalue weighted by Gasteiger charge is -2.42. The standard InChI is InChI=1S/C21H20ClF3N6O/c22-16-9-14(1-2-17(16)23)31-12-26-21(28-31)18-7-13(20(24)25)8-19(27-18)30-5-3-29(4-6-30)15-10-32-11-15/h1-2,7-9,12,15,20H,3-6,10-11H2. The molecule has 0 aliphatic carbocycles. The second kappa shape index (κ2) is 8.68. The van der Waals surface area contributed by atoms with Crippen molar-refractivity contribution < 1.29 is 17.9 Å². The normalized spacial score (nSPS) is 17.7. The van der Waals surface area contributed by atoms with Crippen LogP contribution in [0.15, 0.2) is 36.7 Å². The van der Waals surface area contributed by atoms with Crippen molar-refractivity contribution in [3.63, 3.8) is 0 Å². The van der Waals surface area contributed by atoms with E-state index in [0.29, 0.717) is 30.6 Å². The highest BCUT2D eigenvalue weighted by Crippen LogP contribution is 2.28. The highest BCUT2D eigenvalue weighted by molar-refractivity contribution is 6.30. The lowest BCUT2D eigenvalue weighted by molar-refractivity contribution is -0.0661. The van der Waals surface area contributed by atoms with Gasteiger partial charge in [0, 0.05) is 31.7 Å². The van der Waals surface area contributed by atoms with E-state index in [1.165, 1.54) is 41.3 Å². The van der Waals surface area contributed by atoms with Crippen LogP contribution in [0.4, 0.5) is 19.0 Å². The molecule has 2 fully saturated rings. The Bertz CT molecular complexity index is 1110. The van der Waals surface area contributed by atoms with Gasteiger partial charge in [-0.1, -0.05) is 11.6 Å².